The molecule has 1 saturated heterocycles. The van der Waals surface area contributed by atoms with Gasteiger partial charge in [0.15, 0.2) is 11.7 Å². The molecule has 140 valence electrons. The summed E-state index contributed by atoms with van der Waals surface area (Å²) < 4.78 is 10.7. The van der Waals surface area contributed by atoms with E-state index in [0.29, 0.717) is 11.6 Å². The molecule has 0 spiro atoms. The molecular weight excluding hydrogens is 354 g/mol. The number of hydrogen-bond donors (Lipinski definition) is 2. The van der Waals surface area contributed by atoms with Crippen molar-refractivity contribution in [2.45, 2.75) is 25.9 Å². The van der Waals surface area contributed by atoms with Crippen LogP contribution in [0.4, 0.5) is 5.69 Å². The molecule has 0 radical (unpaired) electrons. The van der Waals surface area contributed by atoms with Crippen molar-refractivity contribution in [3.05, 3.63) is 40.7 Å². The fraction of sp³-hybridized carbons (Fsp3) is 0.444. The van der Waals surface area contributed by atoms with Crippen LogP contribution in [-0.4, -0.2) is 44.4 Å². The Kier molecular flexibility index (Phi) is 5.88. The molecule has 2 N–H and O–H groups in total. The topological polar surface area (TPSA) is 74.9 Å². The summed E-state index contributed by atoms with van der Waals surface area (Å²) >= 11 is 6.16. The number of hydrogen-bond acceptors (Lipinski definition) is 5. The molecule has 0 bridgehead atoms. The van der Waals surface area contributed by atoms with Crippen molar-refractivity contribution < 1.29 is 9.26 Å². The molecule has 1 atom stereocenters. The van der Waals surface area contributed by atoms with Gasteiger partial charge in [-0.05, 0) is 31.5 Å². The van der Waals surface area contributed by atoms with E-state index in [4.69, 9.17) is 20.9 Å². The fourth-order valence-electron chi connectivity index (χ4n) is 3.07. The molecule has 0 saturated carbocycles. The quantitative estimate of drug-likeness (QED) is 0.616. The van der Waals surface area contributed by atoms with Gasteiger partial charge >= 0.3 is 0 Å². The minimum Gasteiger partial charge on any atom is -0.495 e. The molecule has 7 nitrogen and oxygen atoms in total. The van der Waals surface area contributed by atoms with E-state index in [0.717, 1.165) is 48.4 Å². The minimum atomic E-state index is 0.279. The number of nitrogens with zero attached hydrogens (tertiary/aromatic N) is 3. The number of methoxy groups -OCH3 is 1. The summed E-state index contributed by atoms with van der Waals surface area (Å²) in [6, 6.07) is 7.87. The number of anilines is 1. The first-order valence-corrected chi connectivity index (χ1v) is 8.94. The van der Waals surface area contributed by atoms with Crippen LogP contribution >= 0.6 is 11.6 Å². The van der Waals surface area contributed by atoms with Crippen molar-refractivity contribution in [3.8, 4) is 5.75 Å². The van der Waals surface area contributed by atoms with Crippen LogP contribution in [0.3, 0.4) is 0 Å². The number of aromatic nitrogens is 1. The van der Waals surface area contributed by atoms with Crippen molar-refractivity contribution in [1.29, 1.82) is 0 Å². The molecular formula is C18H24ClN5O2. The average Bonchev–Trinajstić information content (AvgIpc) is 3.27. The van der Waals surface area contributed by atoms with Crippen LogP contribution in [-0.2, 0) is 6.54 Å². The highest BCUT2D eigenvalue weighted by Crippen LogP contribution is 2.33. The monoisotopic (exact) mass is 377 g/mol. The van der Waals surface area contributed by atoms with E-state index in [1.807, 2.05) is 31.2 Å². The van der Waals surface area contributed by atoms with Crippen molar-refractivity contribution in [2.24, 2.45) is 4.99 Å². The van der Waals surface area contributed by atoms with Crippen molar-refractivity contribution in [1.82, 2.24) is 15.8 Å². The Balaban J connectivity index is 1.57. The lowest BCUT2D eigenvalue weighted by Crippen LogP contribution is -2.44. The molecule has 1 unspecified atom stereocenters. The lowest BCUT2D eigenvalue weighted by atomic mass is 10.2. The highest BCUT2D eigenvalue weighted by Gasteiger charge is 2.25. The second-order valence-electron chi connectivity index (χ2n) is 6.25. The van der Waals surface area contributed by atoms with Gasteiger partial charge in [0.05, 0.1) is 25.0 Å². The standard InChI is InChI=1S/C18H24ClN5O2/c1-12-8-15(26-23-12)10-21-18(20-2)22-14-6-7-24(11-14)16-9-13(19)4-5-17(16)25-3/h4-5,8-9,14H,6-7,10-11H2,1-3H3,(H2,20,21,22). The van der Waals surface area contributed by atoms with E-state index in [9.17, 15) is 0 Å². The smallest absolute Gasteiger partial charge is 0.191 e. The van der Waals surface area contributed by atoms with Gasteiger partial charge in [0.2, 0.25) is 0 Å². The van der Waals surface area contributed by atoms with Gasteiger partial charge in [-0.3, -0.25) is 4.99 Å². The predicted molar refractivity (Wildman–Crippen MR) is 103 cm³/mol. The van der Waals surface area contributed by atoms with Gasteiger partial charge in [-0.2, -0.15) is 0 Å². The van der Waals surface area contributed by atoms with Crippen LogP contribution in [0.25, 0.3) is 0 Å². The lowest BCUT2D eigenvalue weighted by molar-refractivity contribution is 0.376. The van der Waals surface area contributed by atoms with Crippen LogP contribution < -0.4 is 20.3 Å². The molecule has 1 fully saturated rings. The maximum atomic E-state index is 6.16. The van der Waals surface area contributed by atoms with Gasteiger partial charge in [0, 0.05) is 37.3 Å². The van der Waals surface area contributed by atoms with E-state index in [-0.39, 0.29) is 6.04 Å². The average molecular weight is 378 g/mol. The first-order chi connectivity index (χ1) is 12.6. The Labute approximate surface area is 158 Å². The number of aryl methyl sites for hydroxylation is 1. The SMILES string of the molecule is CN=C(NCc1cc(C)no1)NC1CCN(c2cc(Cl)ccc2OC)C1. The number of rotatable bonds is 5. The molecule has 0 aliphatic carbocycles. The highest BCUT2D eigenvalue weighted by molar-refractivity contribution is 6.30. The predicted octanol–water partition coefficient (Wildman–Crippen LogP) is 2.59. The summed E-state index contributed by atoms with van der Waals surface area (Å²) in [5.74, 6) is 2.35. The third-order valence-electron chi connectivity index (χ3n) is 4.34. The van der Waals surface area contributed by atoms with Gasteiger partial charge in [-0.15, -0.1) is 0 Å². The normalized spacial score (nSPS) is 17.5. The second kappa shape index (κ2) is 8.31. The van der Waals surface area contributed by atoms with Crippen LogP contribution in [0.5, 0.6) is 5.75 Å². The van der Waals surface area contributed by atoms with Crippen molar-refractivity contribution >= 4 is 23.2 Å². The number of guanidine groups is 1. The number of aliphatic imine (C=N–C) groups is 1. The van der Waals surface area contributed by atoms with E-state index in [1.54, 1.807) is 14.2 Å². The molecule has 26 heavy (non-hydrogen) atoms. The van der Waals surface area contributed by atoms with Gasteiger partial charge in [-0.1, -0.05) is 16.8 Å². The molecule has 0 amide bonds. The number of halogens is 1. The lowest BCUT2D eigenvalue weighted by Gasteiger charge is -2.22. The molecule has 2 aromatic rings. The summed E-state index contributed by atoms with van der Waals surface area (Å²) in [5, 5.41) is 11.3. The zero-order valence-corrected chi connectivity index (χ0v) is 16.0. The molecule has 1 aliphatic heterocycles. The van der Waals surface area contributed by atoms with Gasteiger partial charge in [-0.25, -0.2) is 0 Å². The Morgan fingerprint density at radius 1 is 1.46 bits per heavy atom. The zero-order chi connectivity index (χ0) is 18.5. The fourth-order valence-corrected chi connectivity index (χ4v) is 3.23. The van der Waals surface area contributed by atoms with E-state index in [1.165, 1.54) is 0 Å². The maximum absolute atomic E-state index is 6.16. The third-order valence-corrected chi connectivity index (χ3v) is 4.58. The summed E-state index contributed by atoms with van der Waals surface area (Å²) in [6.07, 6.45) is 0.998. The Morgan fingerprint density at radius 2 is 2.31 bits per heavy atom. The van der Waals surface area contributed by atoms with Crippen LogP contribution in [0.15, 0.2) is 33.8 Å². The van der Waals surface area contributed by atoms with Crippen molar-refractivity contribution in [3.63, 3.8) is 0 Å². The zero-order valence-electron chi connectivity index (χ0n) is 15.3. The molecule has 1 aliphatic rings. The van der Waals surface area contributed by atoms with E-state index in [2.05, 4.69) is 25.7 Å². The minimum absolute atomic E-state index is 0.279. The van der Waals surface area contributed by atoms with Gasteiger partial charge in [0.25, 0.3) is 0 Å². The van der Waals surface area contributed by atoms with E-state index >= 15 is 0 Å². The summed E-state index contributed by atoms with van der Waals surface area (Å²) in [5.41, 5.74) is 1.89. The first kappa shape index (κ1) is 18.4. The van der Waals surface area contributed by atoms with Gasteiger partial charge < -0.3 is 24.8 Å². The van der Waals surface area contributed by atoms with Crippen LogP contribution in [0, 0.1) is 6.92 Å². The molecule has 1 aromatic carbocycles. The second-order valence-corrected chi connectivity index (χ2v) is 6.69. The number of ether oxygens (including phenoxy) is 1. The Hall–Kier alpha value is -2.41. The molecule has 3 rings (SSSR count). The number of benzene rings is 1. The van der Waals surface area contributed by atoms with Crippen LogP contribution in [0.1, 0.15) is 17.9 Å². The molecule has 2 heterocycles. The number of nitrogens with one attached hydrogen (secondary N) is 2. The third kappa shape index (κ3) is 4.40. The highest BCUT2D eigenvalue weighted by atomic mass is 35.5. The largest absolute Gasteiger partial charge is 0.495 e. The Morgan fingerprint density at radius 3 is 3.00 bits per heavy atom. The van der Waals surface area contributed by atoms with E-state index < -0.39 is 0 Å². The summed E-state index contributed by atoms with van der Waals surface area (Å²) in [6.45, 7) is 4.21. The Bertz CT molecular complexity index is 777. The van der Waals surface area contributed by atoms with Crippen LogP contribution in [0.2, 0.25) is 5.02 Å². The maximum Gasteiger partial charge on any atom is 0.191 e. The van der Waals surface area contributed by atoms with Gasteiger partial charge in [0.1, 0.15) is 5.75 Å². The summed E-state index contributed by atoms with van der Waals surface area (Å²) in [7, 11) is 3.43. The van der Waals surface area contributed by atoms with Crippen molar-refractivity contribution in [2.75, 3.05) is 32.1 Å². The summed E-state index contributed by atoms with van der Waals surface area (Å²) in [4.78, 5) is 6.56. The molecule has 8 heteroatoms. The molecule has 1 aromatic heterocycles. The first-order valence-electron chi connectivity index (χ1n) is 8.57.